The summed E-state index contributed by atoms with van der Waals surface area (Å²) < 4.78 is 5.22. The van der Waals surface area contributed by atoms with Gasteiger partial charge in [-0.1, -0.05) is 31.4 Å². The lowest BCUT2D eigenvalue weighted by Gasteiger charge is -2.24. The number of aromatic nitrogens is 2. The maximum absolute atomic E-state index is 12.7. The molecule has 1 amide bonds. The highest BCUT2D eigenvalue weighted by atomic mass is 16.5. The number of ether oxygens (including phenoxy) is 1. The summed E-state index contributed by atoms with van der Waals surface area (Å²) in [5.41, 5.74) is 1.45. The van der Waals surface area contributed by atoms with E-state index >= 15 is 0 Å². The van der Waals surface area contributed by atoms with Crippen molar-refractivity contribution in [2.45, 2.75) is 44.6 Å². The van der Waals surface area contributed by atoms with Crippen LogP contribution in [0.4, 0.5) is 5.82 Å². The summed E-state index contributed by atoms with van der Waals surface area (Å²) in [6, 6.07) is 9.98. The average Bonchev–Trinajstić information content (AvgIpc) is 2.74. The predicted octanol–water partition coefficient (Wildman–Crippen LogP) is 3.07. The number of anilines is 1. The first-order chi connectivity index (χ1) is 13.7. The van der Waals surface area contributed by atoms with Gasteiger partial charge in [-0.3, -0.25) is 4.79 Å². The van der Waals surface area contributed by atoms with E-state index < -0.39 is 0 Å². The summed E-state index contributed by atoms with van der Waals surface area (Å²) in [5.74, 6) is 1.05. The SMILES string of the molecule is COc1cccc(CCNC(=O)c2cnc(C#N)nc2NC2CCCCC2)c1. The van der Waals surface area contributed by atoms with Crippen molar-refractivity contribution in [1.82, 2.24) is 15.3 Å². The fourth-order valence-electron chi connectivity index (χ4n) is 3.40. The monoisotopic (exact) mass is 379 g/mol. The molecule has 1 aromatic carbocycles. The molecule has 0 bridgehead atoms. The van der Waals surface area contributed by atoms with Gasteiger partial charge in [0.25, 0.3) is 5.91 Å². The van der Waals surface area contributed by atoms with E-state index in [0.717, 1.165) is 37.0 Å². The maximum atomic E-state index is 12.7. The fraction of sp³-hybridized carbons (Fsp3) is 0.429. The van der Waals surface area contributed by atoms with Gasteiger partial charge >= 0.3 is 0 Å². The van der Waals surface area contributed by atoms with Gasteiger partial charge in [-0.2, -0.15) is 5.26 Å². The molecule has 0 unspecified atom stereocenters. The van der Waals surface area contributed by atoms with Gasteiger partial charge in [0.05, 0.1) is 7.11 Å². The number of amides is 1. The molecule has 28 heavy (non-hydrogen) atoms. The van der Waals surface area contributed by atoms with Crippen LogP contribution in [0.1, 0.15) is 53.8 Å². The first kappa shape index (κ1) is 19.6. The second kappa shape index (κ2) is 9.70. The van der Waals surface area contributed by atoms with Crippen LogP contribution < -0.4 is 15.4 Å². The van der Waals surface area contributed by atoms with Crippen molar-refractivity contribution in [1.29, 1.82) is 5.26 Å². The van der Waals surface area contributed by atoms with E-state index in [1.165, 1.54) is 12.6 Å². The van der Waals surface area contributed by atoms with Crippen LogP contribution in [0, 0.1) is 11.3 Å². The Hall–Kier alpha value is -3.14. The Bertz CT molecular complexity index is 856. The van der Waals surface area contributed by atoms with Crippen LogP contribution in [0.3, 0.4) is 0 Å². The van der Waals surface area contributed by atoms with E-state index in [-0.39, 0.29) is 17.8 Å². The molecule has 0 spiro atoms. The molecule has 7 heteroatoms. The highest BCUT2D eigenvalue weighted by Crippen LogP contribution is 2.22. The van der Waals surface area contributed by atoms with Gasteiger partial charge in [0, 0.05) is 18.8 Å². The normalized spacial score (nSPS) is 14.1. The Morgan fingerprint density at radius 2 is 2.14 bits per heavy atom. The standard InChI is InChI=1S/C21H25N5O2/c1-28-17-9-5-6-15(12-17)10-11-23-21(27)18-14-24-19(13-22)26-20(18)25-16-7-3-2-4-8-16/h5-6,9,12,14,16H,2-4,7-8,10-11H2,1H3,(H,23,27)(H,24,25,26). The first-order valence-corrected chi connectivity index (χ1v) is 9.64. The molecule has 1 aromatic heterocycles. The van der Waals surface area contributed by atoms with Gasteiger partial charge in [-0.15, -0.1) is 0 Å². The molecule has 146 valence electrons. The zero-order chi connectivity index (χ0) is 19.8. The van der Waals surface area contributed by atoms with Gasteiger partial charge in [0.15, 0.2) is 0 Å². The van der Waals surface area contributed by atoms with E-state index in [4.69, 9.17) is 10.00 Å². The fourth-order valence-corrected chi connectivity index (χ4v) is 3.40. The van der Waals surface area contributed by atoms with Crippen LogP contribution in [0.5, 0.6) is 5.75 Å². The van der Waals surface area contributed by atoms with Crippen molar-refractivity contribution in [2.24, 2.45) is 0 Å². The molecule has 1 fully saturated rings. The molecule has 0 saturated heterocycles. The highest BCUT2D eigenvalue weighted by Gasteiger charge is 2.19. The van der Waals surface area contributed by atoms with E-state index in [1.807, 2.05) is 30.3 Å². The quantitative estimate of drug-likeness (QED) is 0.767. The van der Waals surface area contributed by atoms with Crippen molar-refractivity contribution in [2.75, 3.05) is 19.0 Å². The third-order valence-corrected chi connectivity index (χ3v) is 4.91. The second-order valence-electron chi connectivity index (χ2n) is 6.90. The molecule has 1 heterocycles. The summed E-state index contributed by atoms with van der Waals surface area (Å²) in [6.07, 6.45) is 7.77. The largest absolute Gasteiger partial charge is 0.497 e. The van der Waals surface area contributed by atoms with Crippen LogP contribution in [0.15, 0.2) is 30.5 Å². The number of carbonyl (C=O) groups excluding carboxylic acids is 1. The lowest BCUT2D eigenvalue weighted by molar-refractivity contribution is 0.0954. The van der Waals surface area contributed by atoms with Crippen LogP contribution >= 0.6 is 0 Å². The molecule has 0 atom stereocenters. The summed E-state index contributed by atoms with van der Waals surface area (Å²) in [5, 5.41) is 15.4. The molecule has 1 aliphatic carbocycles. The average molecular weight is 379 g/mol. The van der Waals surface area contributed by atoms with Gasteiger partial charge < -0.3 is 15.4 Å². The van der Waals surface area contributed by atoms with Crippen molar-refractivity contribution in [3.63, 3.8) is 0 Å². The van der Waals surface area contributed by atoms with Crippen LogP contribution in [-0.4, -0.2) is 35.6 Å². The lowest BCUT2D eigenvalue weighted by Crippen LogP contribution is -2.29. The van der Waals surface area contributed by atoms with E-state index in [1.54, 1.807) is 7.11 Å². The molecular formula is C21H25N5O2. The van der Waals surface area contributed by atoms with Crippen molar-refractivity contribution < 1.29 is 9.53 Å². The predicted molar refractivity (Wildman–Crippen MR) is 106 cm³/mol. The zero-order valence-corrected chi connectivity index (χ0v) is 16.1. The molecule has 7 nitrogen and oxygen atoms in total. The zero-order valence-electron chi connectivity index (χ0n) is 16.1. The van der Waals surface area contributed by atoms with E-state index in [2.05, 4.69) is 20.6 Å². The number of hydrogen-bond acceptors (Lipinski definition) is 6. The van der Waals surface area contributed by atoms with Crippen LogP contribution in [-0.2, 0) is 6.42 Å². The smallest absolute Gasteiger partial charge is 0.256 e. The number of methoxy groups -OCH3 is 1. The topological polar surface area (TPSA) is 99.9 Å². The van der Waals surface area contributed by atoms with E-state index in [0.29, 0.717) is 24.3 Å². The second-order valence-corrected chi connectivity index (χ2v) is 6.90. The Kier molecular flexibility index (Phi) is 6.79. The minimum Gasteiger partial charge on any atom is -0.497 e. The number of benzene rings is 1. The molecule has 1 saturated carbocycles. The first-order valence-electron chi connectivity index (χ1n) is 9.64. The summed E-state index contributed by atoms with van der Waals surface area (Å²) >= 11 is 0. The highest BCUT2D eigenvalue weighted by molar-refractivity contribution is 5.98. The van der Waals surface area contributed by atoms with Crippen molar-refractivity contribution in [3.05, 3.63) is 47.4 Å². The number of nitriles is 1. The summed E-state index contributed by atoms with van der Waals surface area (Å²) in [4.78, 5) is 20.9. The molecule has 3 rings (SSSR count). The summed E-state index contributed by atoms with van der Waals surface area (Å²) in [7, 11) is 1.63. The Morgan fingerprint density at radius 1 is 1.32 bits per heavy atom. The molecule has 2 N–H and O–H groups in total. The van der Waals surface area contributed by atoms with Crippen LogP contribution in [0.25, 0.3) is 0 Å². The molecular weight excluding hydrogens is 354 g/mol. The number of nitrogens with one attached hydrogen (secondary N) is 2. The molecule has 0 radical (unpaired) electrons. The van der Waals surface area contributed by atoms with Gasteiger partial charge in [-0.25, -0.2) is 9.97 Å². The van der Waals surface area contributed by atoms with Crippen LogP contribution in [0.2, 0.25) is 0 Å². The van der Waals surface area contributed by atoms with Gasteiger partial charge in [-0.05, 0) is 37.0 Å². The van der Waals surface area contributed by atoms with Gasteiger partial charge in [0.1, 0.15) is 23.2 Å². The third-order valence-electron chi connectivity index (χ3n) is 4.91. The Balaban J connectivity index is 1.65. The third kappa shape index (κ3) is 5.19. The molecule has 0 aliphatic heterocycles. The maximum Gasteiger partial charge on any atom is 0.256 e. The minimum atomic E-state index is -0.245. The number of rotatable bonds is 7. The number of hydrogen-bond donors (Lipinski definition) is 2. The van der Waals surface area contributed by atoms with Crippen molar-refractivity contribution >= 4 is 11.7 Å². The minimum absolute atomic E-state index is 0.0613. The summed E-state index contributed by atoms with van der Waals surface area (Å²) in [6.45, 7) is 0.481. The van der Waals surface area contributed by atoms with Crippen molar-refractivity contribution in [3.8, 4) is 11.8 Å². The van der Waals surface area contributed by atoms with E-state index in [9.17, 15) is 4.79 Å². The Morgan fingerprint density at radius 3 is 2.89 bits per heavy atom. The molecule has 1 aliphatic rings. The van der Waals surface area contributed by atoms with Gasteiger partial charge in [0.2, 0.25) is 5.82 Å². The lowest BCUT2D eigenvalue weighted by atomic mass is 9.95. The number of carbonyl (C=O) groups is 1. The Labute approximate surface area is 165 Å². The number of nitrogens with zero attached hydrogens (tertiary/aromatic N) is 3. The molecule has 2 aromatic rings.